The Bertz CT molecular complexity index is 1220. The van der Waals surface area contributed by atoms with E-state index in [2.05, 4.69) is 39.5 Å². The van der Waals surface area contributed by atoms with Crippen LogP contribution in [0.2, 0.25) is 0 Å². The van der Waals surface area contributed by atoms with Crippen molar-refractivity contribution in [2.75, 3.05) is 23.3 Å². The number of piperidine rings is 1. The molecule has 1 N–H and O–H groups in total. The summed E-state index contributed by atoms with van der Waals surface area (Å²) >= 11 is 0. The molecule has 3 heterocycles. The molecule has 2 aromatic heterocycles. The fourth-order valence-corrected chi connectivity index (χ4v) is 4.13. The van der Waals surface area contributed by atoms with Crippen LogP contribution in [0.4, 0.5) is 11.5 Å². The monoisotopic (exact) mass is 408 g/mol. The van der Waals surface area contributed by atoms with Crippen LogP contribution in [0.15, 0.2) is 79.0 Å². The molecule has 1 aliphatic rings. The first-order valence-corrected chi connectivity index (χ1v) is 10.8. The third-order valence-corrected chi connectivity index (χ3v) is 5.73. The Kier molecular flexibility index (Phi) is 5.31. The number of benzene rings is 2. The average molecular weight is 409 g/mol. The third kappa shape index (κ3) is 4.12. The van der Waals surface area contributed by atoms with Crippen molar-refractivity contribution in [3.05, 3.63) is 84.6 Å². The number of nitrogens with zero attached hydrogens (tertiary/aromatic N) is 3. The van der Waals surface area contributed by atoms with Crippen LogP contribution >= 0.6 is 0 Å². The smallest absolute Gasteiger partial charge is 0.259 e. The second kappa shape index (κ2) is 8.56. The van der Waals surface area contributed by atoms with E-state index in [1.807, 2.05) is 42.5 Å². The van der Waals surface area contributed by atoms with Crippen LogP contribution in [-0.2, 0) is 0 Å². The lowest BCUT2D eigenvalue weighted by Gasteiger charge is -2.29. The molecule has 1 fully saturated rings. The second-order valence-electron chi connectivity index (χ2n) is 7.84. The van der Waals surface area contributed by atoms with Crippen LogP contribution in [0.1, 0.15) is 29.6 Å². The first-order valence-electron chi connectivity index (χ1n) is 10.8. The third-order valence-electron chi connectivity index (χ3n) is 5.73. The summed E-state index contributed by atoms with van der Waals surface area (Å²) in [7, 11) is 0. The minimum absolute atomic E-state index is 0.212. The molecular weight excluding hydrogens is 384 g/mol. The van der Waals surface area contributed by atoms with E-state index in [4.69, 9.17) is 4.98 Å². The van der Waals surface area contributed by atoms with Crippen molar-refractivity contribution in [1.29, 1.82) is 0 Å². The van der Waals surface area contributed by atoms with Crippen LogP contribution in [0.25, 0.3) is 22.2 Å². The van der Waals surface area contributed by atoms with Crippen molar-refractivity contribution >= 4 is 28.3 Å². The summed E-state index contributed by atoms with van der Waals surface area (Å²) in [6, 6.07) is 23.7. The van der Waals surface area contributed by atoms with E-state index in [0.29, 0.717) is 16.9 Å². The van der Waals surface area contributed by atoms with Crippen LogP contribution < -0.4 is 10.2 Å². The van der Waals surface area contributed by atoms with E-state index < -0.39 is 0 Å². The Morgan fingerprint density at radius 1 is 0.871 bits per heavy atom. The molecule has 0 spiro atoms. The van der Waals surface area contributed by atoms with Crippen molar-refractivity contribution in [1.82, 2.24) is 9.97 Å². The number of pyridine rings is 2. The molecule has 5 nitrogen and oxygen atoms in total. The maximum absolute atomic E-state index is 12.9. The number of rotatable bonds is 4. The maximum atomic E-state index is 12.9. The number of nitrogens with one attached hydrogen (secondary N) is 1. The van der Waals surface area contributed by atoms with Gasteiger partial charge in [0.25, 0.3) is 5.91 Å². The molecule has 1 amide bonds. The molecule has 2 aromatic carbocycles. The molecule has 0 saturated carbocycles. The highest BCUT2D eigenvalue weighted by atomic mass is 16.1. The van der Waals surface area contributed by atoms with E-state index in [9.17, 15) is 4.79 Å². The van der Waals surface area contributed by atoms with Gasteiger partial charge in [0.05, 0.1) is 16.8 Å². The molecule has 0 radical (unpaired) electrons. The van der Waals surface area contributed by atoms with Crippen molar-refractivity contribution in [2.24, 2.45) is 0 Å². The molecule has 1 aliphatic heterocycles. The Labute approximate surface area is 181 Å². The minimum Gasteiger partial charge on any atom is -0.372 e. The number of anilines is 2. The standard InChI is InChI=1S/C26H24N4O/c31-26(29-24-12-2-3-15-27-24)22-11-7-8-19-13-14-23(28-25(19)22)20-9-6-10-21(18-20)30-16-4-1-5-17-30/h2-3,6-15,18H,1,4-5,16-17H2,(H,27,29,31). The van der Waals surface area contributed by atoms with Gasteiger partial charge in [-0.15, -0.1) is 0 Å². The number of hydrogen-bond acceptors (Lipinski definition) is 4. The highest BCUT2D eigenvalue weighted by molar-refractivity contribution is 6.11. The molecular formula is C26H24N4O. The summed E-state index contributed by atoms with van der Waals surface area (Å²) in [6.07, 6.45) is 5.45. The Morgan fingerprint density at radius 3 is 2.58 bits per heavy atom. The van der Waals surface area contributed by atoms with E-state index in [-0.39, 0.29) is 5.91 Å². The number of carbonyl (C=O) groups excluding carboxylic acids is 1. The lowest BCUT2D eigenvalue weighted by Crippen LogP contribution is -2.29. The fourth-order valence-electron chi connectivity index (χ4n) is 4.13. The molecule has 0 bridgehead atoms. The van der Waals surface area contributed by atoms with Gasteiger partial charge in [-0.1, -0.05) is 36.4 Å². The van der Waals surface area contributed by atoms with Gasteiger partial charge in [-0.2, -0.15) is 0 Å². The maximum Gasteiger partial charge on any atom is 0.259 e. The average Bonchev–Trinajstić information content (AvgIpc) is 2.84. The van der Waals surface area contributed by atoms with E-state index >= 15 is 0 Å². The molecule has 4 aromatic rings. The SMILES string of the molecule is O=C(Nc1ccccn1)c1cccc2ccc(-c3cccc(N4CCCCC4)c3)nc12. The molecule has 5 rings (SSSR count). The van der Waals surface area contributed by atoms with Gasteiger partial charge in [-0.05, 0) is 55.7 Å². The van der Waals surface area contributed by atoms with Gasteiger partial charge in [-0.25, -0.2) is 9.97 Å². The molecule has 0 unspecified atom stereocenters. The highest BCUT2D eigenvalue weighted by Gasteiger charge is 2.15. The molecule has 0 aliphatic carbocycles. The second-order valence-corrected chi connectivity index (χ2v) is 7.84. The van der Waals surface area contributed by atoms with Crippen LogP contribution in [0, 0.1) is 0 Å². The number of carbonyl (C=O) groups is 1. The van der Waals surface area contributed by atoms with Gasteiger partial charge in [0, 0.05) is 35.9 Å². The highest BCUT2D eigenvalue weighted by Crippen LogP contribution is 2.28. The van der Waals surface area contributed by atoms with Crippen LogP contribution in [0.5, 0.6) is 0 Å². The zero-order chi connectivity index (χ0) is 21.0. The van der Waals surface area contributed by atoms with Crippen molar-refractivity contribution in [3.63, 3.8) is 0 Å². The summed E-state index contributed by atoms with van der Waals surface area (Å²) in [4.78, 5) is 24.5. The molecule has 154 valence electrons. The normalized spacial score (nSPS) is 13.9. The van der Waals surface area contributed by atoms with Gasteiger partial charge in [0.1, 0.15) is 5.82 Å². The quantitative estimate of drug-likeness (QED) is 0.482. The summed E-state index contributed by atoms with van der Waals surface area (Å²) in [5.74, 6) is 0.311. The Morgan fingerprint density at radius 2 is 1.74 bits per heavy atom. The van der Waals surface area contributed by atoms with Crippen LogP contribution in [0.3, 0.4) is 0 Å². The van der Waals surface area contributed by atoms with Gasteiger partial charge in [0.15, 0.2) is 0 Å². The topological polar surface area (TPSA) is 58.1 Å². The van der Waals surface area contributed by atoms with Crippen molar-refractivity contribution in [2.45, 2.75) is 19.3 Å². The molecule has 1 saturated heterocycles. The van der Waals surface area contributed by atoms with E-state index in [1.165, 1.54) is 24.9 Å². The first-order chi connectivity index (χ1) is 15.3. The summed E-state index contributed by atoms with van der Waals surface area (Å²) in [6.45, 7) is 2.21. The predicted molar refractivity (Wildman–Crippen MR) is 125 cm³/mol. The van der Waals surface area contributed by atoms with Gasteiger partial charge >= 0.3 is 0 Å². The lowest BCUT2D eigenvalue weighted by molar-refractivity contribution is 0.102. The number of para-hydroxylation sites is 1. The fraction of sp³-hybridized carbons (Fsp3) is 0.192. The number of fused-ring (bicyclic) bond motifs is 1. The van der Waals surface area contributed by atoms with E-state index in [1.54, 1.807) is 12.3 Å². The van der Waals surface area contributed by atoms with Crippen LogP contribution in [-0.4, -0.2) is 29.0 Å². The lowest BCUT2D eigenvalue weighted by atomic mass is 10.0. The number of hydrogen-bond donors (Lipinski definition) is 1. The Hall–Kier alpha value is -3.73. The van der Waals surface area contributed by atoms with Gasteiger partial charge in [0.2, 0.25) is 0 Å². The van der Waals surface area contributed by atoms with Gasteiger partial charge < -0.3 is 10.2 Å². The van der Waals surface area contributed by atoms with Crippen molar-refractivity contribution < 1.29 is 4.79 Å². The van der Waals surface area contributed by atoms with E-state index in [0.717, 1.165) is 29.7 Å². The largest absolute Gasteiger partial charge is 0.372 e. The van der Waals surface area contributed by atoms with Crippen molar-refractivity contribution in [3.8, 4) is 11.3 Å². The summed E-state index contributed by atoms with van der Waals surface area (Å²) in [5, 5.41) is 3.80. The summed E-state index contributed by atoms with van der Waals surface area (Å²) in [5.41, 5.74) is 4.39. The predicted octanol–water partition coefficient (Wildman–Crippen LogP) is 5.54. The zero-order valence-corrected chi connectivity index (χ0v) is 17.3. The molecule has 31 heavy (non-hydrogen) atoms. The number of amides is 1. The Balaban J connectivity index is 1.50. The minimum atomic E-state index is -0.212. The first kappa shape index (κ1) is 19.2. The summed E-state index contributed by atoms with van der Waals surface area (Å²) < 4.78 is 0. The number of aromatic nitrogens is 2. The molecule has 5 heteroatoms. The van der Waals surface area contributed by atoms with Gasteiger partial charge in [-0.3, -0.25) is 4.79 Å². The molecule has 0 atom stereocenters. The zero-order valence-electron chi connectivity index (χ0n) is 17.3.